The largest absolute Gasteiger partial charge is 0.496 e. The number of para-hydroxylation sites is 1. The normalized spacial score (nSPS) is 10.4. The van der Waals surface area contributed by atoms with Gasteiger partial charge in [-0.2, -0.15) is 11.8 Å². The maximum absolute atomic E-state index is 5.30. The van der Waals surface area contributed by atoms with Crippen LogP contribution in [0.25, 0.3) is 0 Å². The molecule has 1 aromatic carbocycles. The van der Waals surface area contributed by atoms with Gasteiger partial charge >= 0.3 is 0 Å². The summed E-state index contributed by atoms with van der Waals surface area (Å²) in [6, 6.07) is 8.16. The summed E-state index contributed by atoms with van der Waals surface area (Å²) < 4.78 is 5.30. The van der Waals surface area contributed by atoms with Crippen LogP contribution in [0.5, 0.6) is 5.75 Å². The Morgan fingerprint density at radius 1 is 1.31 bits per heavy atom. The number of thioether (sulfide) groups is 1. The van der Waals surface area contributed by atoms with Crippen LogP contribution in [-0.2, 0) is 6.54 Å². The summed E-state index contributed by atoms with van der Waals surface area (Å²) in [7, 11) is 1.72. The Bertz CT molecular complexity index is 291. The van der Waals surface area contributed by atoms with Crippen molar-refractivity contribution < 1.29 is 4.74 Å². The standard InChI is InChI=1S/C13H21NOS/c1-3-16-10-6-9-14-11-12-7-4-5-8-13(12)15-2/h4-5,7-8,14H,3,6,9-11H2,1-2H3. The van der Waals surface area contributed by atoms with Gasteiger partial charge in [-0.15, -0.1) is 0 Å². The topological polar surface area (TPSA) is 21.3 Å². The lowest BCUT2D eigenvalue weighted by Crippen LogP contribution is -2.15. The number of hydrogen-bond donors (Lipinski definition) is 1. The van der Waals surface area contributed by atoms with Crippen LogP contribution in [0.3, 0.4) is 0 Å². The molecule has 1 N–H and O–H groups in total. The SMILES string of the molecule is CCSCCCNCc1ccccc1OC. The Morgan fingerprint density at radius 3 is 2.88 bits per heavy atom. The molecule has 0 atom stereocenters. The Balaban J connectivity index is 2.21. The van der Waals surface area contributed by atoms with E-state index in [1.54, 1.807) is 7.11 Å². The van der Waals surface area contributed by atoms with Gasteiger partial charge in [0.25, 0.3) is 0 Å². The minimum absolute atomic E-state index is 0.890. The molecule has 0 spiro atoms. The average molecular weight is 239 g/mol. The van der Waals surface area contributed by atoms with Crippen molar-refractivity contribution in [3.63, 3.8) is 0 Å². The highest BCUT2D eigenvalue weighted by molar-refractivity contribution is 7.99. The molecule has 0 heterocycles. The van der Waals surface area contributed by atoms with E-state index in [2.05, 4.69) is 18.3 Å². The lowest BCUT2D eigenvalue weighted by Gasteiger charge is -2.09. The van der Waals surface area contributed by atoms with Crippen molar-refractivity contribution in [2.45, 2.75) is 19.9 Å². The number of methoxy groups -OCH3 is 1. The quantitative estimate of drug-likeness (QED) is 0.705. The van der Waals surface area contributed by atoms with Gasteiger partial charge in [-0.25, -0.2) is 0 Å². The summed E-state index contributed by atoms with van der Waals surface area (Å²) >= 11 is 2.00. The summed E-state index contributed by atoms with van der Waals surface area (Å²) in [6.07, 6.45) is 1.23. The fourth-order valence-electron chi connectivity index (χ4n) is 1.52. The van der Waals surface area contributed by atoms with Crippen molar-refractivity contribution in [1.82, 2.24) is 5.32 Å². The molecule has 0 amide bonds. The van der Waals surface area contributed by atoms with E-state index in [1.807, 2.05) is 30.0 Å². The molecule has 0 aliphatic carbocycles. The zero-order valence-corrected chi connectivity index (χ0v) is 11.0. The minimum atomic E-state index is 0.890. The molecule has 0 saturated heterocycles. The minimum Gasteiger partial charge on any atom is -0.496 e. The number of nitrogens with one attached hydrogen (secondary N) is 1. The van der Waals surface area contributed by atoms with Crippen LogP contribution in [0, 0.1) is 0 Å². The van der Waals surface area contributed by atoms with E-state index in [1.165, 1.54) is 23.5 Å². The molecule has 0 aliphatic rings. The van der Waals surface area contributed by atoms with Gasteiger partial charge in [-0.3, -0.25) is 0 Å². The van der Waals surface area contributed by atoms with Crippen molar-refractivity contribution in [3.8, 4) is 5.75 Å². The molecule has 2 nitrogen and oxygen atoms in total. The molecule has 0 unspecified atom stereocenters. The van der Waals surface area contributed by atoms with Crippen LogP contribution in [0.1, 0.15) is 18.9 Å². The molecular formula is C13H21NOS. The lowest BCUT2D eigenvalue weighted by atomic mass is 10.2. The van der Waals surface area contributed by atoms with Gasteiger partial charge in [-0.05, 0) is 30.5 Å². The summed E-state index contributed by atoms with van der Waals surface area (Å²) in [5, 5.41) is 3.44. The molecule has 1 rings (SSSR count). The van der Waals surface area contributed by atoms with E-state index in [0.29, 0.717) is 0 Å². The fourth-order valence-corrected chi connectivity index (χ4v) is 2.15. The molecule has 1 aromatic rings. The Morgan fingerprint density at radius 2 is 2.12 bits per heavy atom. The number of hydrogen-bond acceptors (Lipinski definition) is 3. The first-order chi connectivity index (χ1) is 7.88. The van der Waals surface area contributed by atoms with Crippen LogP contribution >= 0.6 is 11.8 Å². The lowest BCUT2D eigenvalue weighted by molar-refractivity contribution is 0.408. The molecule has 3 heteroatoms. The molecule has 0 aromatic heterocycles. The van der Waals surface area contributed by atoms with Crippen molar-refractivity contribution >= 4 is 11.8 Å². The van der Waals surface area contributed by atoms with Crippen molar-refractivity contribution in [2.24, 2.45) is 0 Å². The first-order valence-electron chi connectivity index (χ1n) is 5.78. The van der Waals surface area contributed by atoms with E-state index < -0.39 is 0 Å². The van der Waals surface area contributed by atoms with E-state index in [-0.39, 0.29) is 0 Å². The summed E-state index contributed by atoms with van der Waals surface area (Å²) in [4.78, 5) is 0. The van der Waals surface area contributed by atoms with Crippen LogP contribution in [-0.4, -0.2) is 25.2 Å². The van der Waals surface area contributed by atoms with Gasteiger partial charge in [0, 0.05) is 12.1 Å². The third-order valence-corrected chi connectivity index (χ3v) is 3.34. The van der Waals surface area contributed by atoms with Crippen LogP contribution in [0.15, 0.2) is 24.3 Å². The third kappa shape index (κ3) is 4.90. The van der Waals surface area contributed by atoms with Gasteiger partial charge < -0.3 is 10.1 Å². The maximum Gasteiger partial charge on any atom is 0.123 e. The van der Waals surface area contributed by atoms with E-state index in [0.717, 1.165) is 18.8 Å². The van der Waals surface area contributed by atoms with Gasteiger partial charge in [-0.1, -0.05) is 25.1 Å². The number of benzene rings is 1. The first kappa shape index (κ1) is 13.4. The molecule has 90 valence electrons. The first-order valence-corrected chi connectivity index (χ1v) is 6.94. The van der Waals surface area contributed by atoms with Gasteiger partial charge in [0.2, 0.25) is 0 Å². The number of rotatable bonds is 8. The molecule has 0 fully saturated rings. The Labute approximate surface area is 103 Å². The predicted molar refractivity (Wildman–Crippen MR) is 72.3 cm³/mol. The zero-order valence-electron chi connectivity index (χ0n) is 10.2. The second-order valence-electron chi connectivity index (χ2n) is 3.54. The highest BCUT2D eigenvalue weighted by atomic mass is 32.2. The Hall–Kier alpha value is -0.670. The van der Waals surface area contributed by atoms with E-state index in [4.69, 9.17) is 4.74 Å². The highest BCUT2D eigenvalue weighted by Gasteiger charge is 1.99. The van der Waals surface area contributed by atoms with E-state index in [9.17, 15) is 0 Å². The zero-order chi connectivity index (χ0) is 11.6. The molecule has 16 heavy (non-hydrogen) atoms. The van der Waals surface area contributed by atoms with Gasteiger partial charge in [0.1, 0.15) is 5.75 Å². The fraction of sp³-hybridized carbons (Fsp3) is 0.538. The second-order valence-corrected chi connectivity index (χ2v) is 4.93. The van der Waals surface area contributed by atoms with Crippen molar-refractivity contribution in [1.29, 1.82) is 0 Å². The summed E-state index contributed by atoms with van der Waals surface area (Å²) in [5.41, 5.74) is 1.23. The summed E-state index contributed by atoms with van der Waals surface area (Å²) in [5.74, 6) is 3.43. The maximum atomic E-state index is 5.30. The monoisotopic (exact) mass is 239 g/mol. The number of ether oxygens (including phenoxy) is 1. The molecule has 0 aliphatic heterocycles. The smallest absolute Gasteiger partial charge is 0.123 e. The van der Waals surface area contributed by atoms with Crippen LogP contribution in [0.2, 0.25) is 0 Å². The Kier molecular flexibility index (Phi) is 7.10. The molecular weight excluding hydrogens is 218 g/mol. The second kappa shape index (κ2) is 8.48. The predicted octanol–water partition coefficient (Wildman–Crippen LogP) is 2.93. The van der Waals surface area contributed by atoms with Crippen LogP contribution < -0.4 is 10.1 Å². The van der Waals surface area contributed by atoms with Gasteiger partial charge in [0.15, 0.2) is 0 Å². The average Bonchev–Trinajstić information content (AvgIpc) is 2.34. The van der Waals surface area contributed by atoms with Crippen molar-refractivity contribution in [2.75, 3.05) is 25.2 Å². The molecule has 0 bridgehead atoms. The van der Waals surface area contributed by atoms with Crippen molar-refractivity contribution in [3.05, 3.63) is 29.8 Å². The molecule has 0 radical (unpaired) electrons. The van der Waals surface area contributed by atoms with Crippen LogP contribution in [0.4, 0.5) is 0 Å². The highest BCUT2D eigenvalue weighted by Crippen LogP contribution is 2.16. The molecule has 0 saturated carbocycles. The van der Waals surface area contributed by atoms with Gasteiger partial charge in [0.05, 0.1) is 7.11 Å². The summed E-state index contributed by atoms with van der Waals surface area (Å²) in [6.45, 7) is 4.17. The van der Waals surface area contributed by atoms with E-state index >= 15 is 0 Å². The third-order valence-electron chi connectivity index (χ3n) is 2.35.